The molecule has 86 valence electrons. The molecule has 1 aromatic heterocycles. The zero-order valence-corrected chi connectivity index (χ0v) is 9.08. The number of rotatable bonds is 1. The first-order chi connectivity index (χ1) is 7.43. The van der Waals surface area contributed by atoms with Crippen molar-refractivity contribution in [2.45, 2.75) is 12.6 Å². The smallest absolute Gasteiger partial charge is 0.387 e. The van der Waals surface area contributed by atoms with Crippen molar-refractivity contribution in [3.8, 4) is 0 Å². The molecule has 1 aliphatic rings. The molecule has 0 amide bonds. The van der Waals surface area contributed by atoms with Gasteiger partial charge in [-0.05, 0) is 6.07 Å². The molecule has 0 spiro atoms. The molecule has 1 heterocycles. The van der Waals surface area contributed by atoms with Gasteiger partial charge in [-0.1, -0.05) is 17.7 Å². The summed E-state index contributed by atoms with van der Waals surface area (Å²) in [6, 6.07) is 1.39. The van der Waals surface area contributed by atoms with Crippen molar-refractivity contribution in [3.05, 3.63) is 28.6 Å². The van der Waals surface area contributed by atoms with E-state index in [0.29, 0.717) is 11.4 Å². The molecular weight excluding hydrogens is 241 g/mol. The Balaban J connectivity index is 2.59. The molecule has 2 rings (SSSR count). The van der Waals surface area contributed by atoms with E-state index in [1.807, 2.05) is 0 Å². The largest absolute Gasteiger partial charge is 0.416 e. The van der Waals surface area contributed by atoms with E-state index in [1.165, 1.54) is 6.07 Å². The molecule has 1 N–H and O–H groups in total. The van der Waals surface area contributed by atoms with Gasteiger partial charge in [-0.3, -0.25) is 0 Å². The van der Waals surface area contributed by atoms with Crippen LogP contribution in [-0.2, 0) is 6.42 Å². The number of nitrogens with zero attached hydrogens (tertiary/aromatic N) is 1. The van der Waals surface area contributed by atoms with Gasteiger partial charge in [0.2, 0.25) is 0 Å². The summed E-state index contributed by atoms with van der Waals surface area (Å²) in [7, 11) is 1.55. The van der Waals surface area contributed by atoms with Crippen molar-refractivity contribution in [1.82, 2.24) is 4.98 Å². The molecule has 0 aliphatic heterocycles. The average molecular weight is 249 g/mol. The van der Waals surface area contributed by atoms with Gasteiger partial charge >= 0.3 is 6.18 Å². The Bertz CT molecular complexity index is 466. The summed E-state index contributed by atoms with van der Waals surface area (Å²) in [5.74, 6) is 0. The molecule has 0 fully saturated rings. The van der Waals surface area contributed by atoms with Crippen molar-refractivity contribution in [3.63, 3.8) is 0 Å². The Morgan fingerprint density at radius 3 is 2.69 bits per heavy atom. The fourth-order valence-electron chi connectivity index (χ4n) is 1.77. The molecule has 0 radical (unpaired) electrons. The summed E-state index contributed by atoms with van der Waals surface area (Å²) in [5.41, 5.74) is 0.190. The van der Waals surface area contributed by atoms with Crippen molar-refractivity contribution in [2.24, 2.45) is 0 Å². The third-order valence-corrected chi connectivity index (χ3v) is 2.60. The standard InChI is InChI=1S/C10H8ClF3N2/c1-15-7-4-8(11)16-6-3-2-5(9(6)7)10(12,13)14/h2,4H,3H2,1H3,(H,15,16). The highest BCUT2D eigenvalue weighted by Crippen LogP contribution is 2.43. The highest BCUT2D eigenvalue weighted by molar-refractivity contribution is 6.29. The van der Waals surface area contributed by atoms with E-state index in [2.05, 4.69) is 10.3 Å². The lowest BCUT2D eigenvalue weighted by atomic mass is 10.1. The Hall–Kier alpha value is -1.23. The fraction of sp³-hybridized carbons (Fsp3) is 0.300. The number of alkyl halides is 3. The zero-order valence-electron chi connectivity index (χ0n) is 8.32. The number of halogens is 4. The van der Waals surface area contributed by atoms with Crippen LogP contribution in [0, 0.1) is 0 Å². The maximum absolute atomic E-state index is 12.7. The third-order valence-electron chi connectivity index (χ3n) is 2.41. The maximum Gasteiger partial charge on any atom is 0.416 e. The van der Waals surface area contributed by atoms with Crippen LogP contribution in [0.1, 0.15) is 11.3 Å². The van der Waals surface area contributed by atoms with Crippen molar-refractivity contribution in [1.29, 1.82) is 0 Å². The van der Waals surface area contributed by atoms with Crippen LogP contribution in [0.3, 0.4) is 0 Å². The predicted octanol–water partition coefficient (Wildman–Crippen LogP) is 3.28. The Morgan fingerprint density at radius 2 is 2.12 bits per heavy atom. The van der Waals surface area contributed by atoms with Crippen LogP contribution < -0.4 is 5.32 Å². The molecule has 1 aromatic rings. The molecular formula is C10H8ClF3N2. The molecule has 0 unspecified atom stereocenters. The monoisotopic (exact) mass is 248 g/mol. The molecule has 0 saturated heterocycles. The number of hydrogen-bond donors (Lipinski definition) is 1. The molecule has 2 nitrogen and oxygen atoms in total. The van der Waals surface area contributed by atoms with Crippen LogP contribution >= 0.6 is 11.6 Å². The van der Waals surface area contributed by atoms with Gasteiger partial charge in [0.1, 0.15) is 5.15 Å². The number of nitrogens with one attached hydrogen (secondary N) is 1. The molecule has 0 atom stereocenters. The minimum absolute atomic E-state index is 0.111. The number of anilines is 1. The number of hydrogen-bond acceptors (Lipinski definition) is 2. The normalized spacial score (nSPS) is 14.7. The highest BCUT2D eigenvalue weighted by Gasteiger charge is 2.39. The number of pyridine rings is 1. The maximum atomic E-state index is 12.7. The summed E-state index contributed by atoms with van der Waals surface area (Å²) in [6.07, 6.45) is -3.05. The van der Waals surface area contributed by atoms with Crippen LogP contribution in [0.2, 0.25) is 5.15 Å². The van der Waals surface area contributed by atoms with Crippen LogP contribution in [0.5, 0.6) is 0 Å². The lowest BCUT2D eigenvalue weighted by Gasteiger charge is -2.14. The van der Waals surface area contributed by atoms with Crippen LogP contribution in [0.25, 0.3) is 5.57 Å². The second-order valence-electron chi connectivity index (χ2n) is 3.38. The van der Waals surface area contributed by atoms with E-state index in [-0.39, 0.29) is 17.1 Å². The minimum atomic E-state index is -4.35. The molecule has 1 aliphatic carbocycles. The van der Waals surface area contributed by atoms with Crippen molar-refractivity contribution >= 4 is 22.9 Å². The highest BCUT2D eigenvalue weighted by atomic mass is 35.5. The van der Waals surface area contributed by atoms with E-state index >= 15 is 0 Å². The van der Waals surface area contributed by atoms with E-state index < -0.39 is 11.7 Å². The van der Waals surface area contributed by atoms with E-state index in [4.69, 9.17) is 11.6 Å². The van der Waals surface area contributed by atoms with Crippen LogP contribution in [0.4, 0.5) is 18.9 Å². The summed E-state index contributed by atoms with van der Waals surface area (Å²) < 4.78 is 38.1. The van der Waals surface area contributed by atoms with Gasteiger partial charge in [0.25, 0.3) is 0 Å². The van der Waals surface area contributed by atoms with Crippen molar-refractivity contribution in [2.75, 3.05) is 12.4 Å². The van der Waals surface area contributed by atoms with Crippen molar-refractivity contribution < 1.29 is 13.2 Å². The Kier molecular flexibility index (Phi) is 2.58. The molecule has 16 heavy (non-hydrogen) atoms. The van der Waals surface area contributed by atoms with E-state index in [9.17, 15) is 13.2 Å². The van der Waals surface area contributed by atoms with Gasteiger partial charge in [-0.2, -0.15) is 13.2 Å². The van der Waals surface area contributed by atoms with Crippen LogP contribution in [0.15, 0.2) is 12.1 Å². The fourth-order valence-corrected chi connectivity index (χ4v) is 1.98. The van der Waals surface area contributed by atoms with Gasteiger partial charge in [-0.25, -0.2) is 4.98 Å². The summed E-state index contributed by atoms with van der Waals surface area (Å²) in [5, 5.41) is 2.90. The SMILES string of the molecule is CNc1cc(Cl)nc2c1C(C(F)(F)F)=CC2. The zero-order chi connectivity index (χ0) is 11.9. The topological polar surface area (TPSA) is 24.9 Å². The van der Waals surface area contributed by atoms with Crippen LogP contribution in [-0.4, -0.2) is 18.2 Å². The summed E-state index contributed by atoms with van der Waals surface area (Å²) in [4.78, 5) is 3.90. The Labute approximate surface area is 95.1 Å². The van der Waals surface area contributed by atoms with Gasteiger partial charge in [0.05, 0.1) is 11.3 Å². The van der Waals surface area contributed by atoms with Gasteiger partial charge in [-0.15, -0.1) is 0 Å². The number of allylic oxidation sites excluding steroid dienone is 2. The average Bonchev–Trinajstić information content (AvgIpc) is 2.59. The molecule has 0 aromatic carbocycles. The third kappa shape index (κ3) is 1.75. The quantitative estimate of drug-likeness (QED) is 0.772. The molecule has 0 saturated carbocycles. The first-order valence-electron chi connectivity index (χ1n) is 4.58. The number of fused-ring (bicyclic) bond motifs is 1. The van der Waals surface area contributed by atoms with Gasteiger partial charge in [0.15, 0.2) is 0 Å². The summed E-state index contributed by atoms with van der Waals surface area (Å²) in [6.45, 7) is 0. The summed E-state index contributed by atoms with van der Waals surface area (Å²) >= 11 is 5.71. The Morgan fingerprint density at radius 1 is 1.44 bits per heavy atom. The second kappa shape index (κ2) is 3.66. The predicted molar refractivity (Wildman–Crippen MR) is 56.5 cm³/mol. The van der Waals surface area contributed by atoms with E-state index in [1.54, 1.807) is 7.05 Å². The van der Waals surface area contributed by atoms with Gasteiger partial charge in [0, 0.05) is 24.7 Å². The lowest BCUT2D eigenvalue weighted by molar-refractivity contribution is -0.0687. The second-order valence-corrected chi connectivity index (χ2v) is 3.77. The minimum Gasteiger partial charge on any atom is -0.387 e. The van der Waals surface area contributed by atoms with E-state index in [0.717, 1.165) is 6.08 Å². The first-order valence-corrected chi connectivity index (χ1v) is 4.96. The molecule has 0 bridgehead atoms. The van der Waals surface area contributed by atoms with Gasteiger partial charge < -0.3 is 5.32 Å². The first kappa shape index (κ1) is 11.3. The molecule has 6 heteroatoms. The number of aromatic nitrogens is 1. The lowest BCUT2D eigenvalue weighted by Crippen LogP contribution is -2.11.